The van der Waals surface area contributed by atoms with Gasteiger partial charge in [0.05, 0.1) is 6.10 Å². The summed E-state index contributed by atoms with van der Waals surface area (Å²) in [5.74, 6) is 0. The molecule has 1 aromatic heterocycles. The summed E-state index contributed by atoms with van der Waals surface area (Å²) in [7, 11) is -1.51. The molecule has 8 nitrogen and oxygen atoms in total. The van der Waals surface area contributed by atoms with Crippen LogP contribution in [0.5, 0.6) is 0 Å². The number of hydrogen-bond donors (Lipinski definition) is 2. The summed E-state index contributed by atoms with van der Waals surface area (Å²) in [5.41, 5.74) is -1.47. The number of rotatable bonds is 3. The van der Waals surface area contributed by atoms with Crippen LogP contribution in [0.3, 0.4) is 0 Å². The van der Waals surface area contributed by atoms with Crippen molar-refractivity contribution < 1.29 is 13.5 Å². The second-order valence-corrected chi connectivity index (χ2v) is 7.72. The minimum absolute atomic E-state index is 0.489. The molecule has 130 valence electrons. The zero-order valence-corrected chi connectivity index (χ0v) is 14.2. The predicted molar refractivity (Wildman–Crippen MR) is 84.7 cm³/mol. The van der Waals surface area contributed by atoms with Crippen LogP contribution in [0.1, 0.15) is 38.5 Å². The molecule has 1 aliphatic carbocycles. The Morgan fingerprint density at radius 1 is 1.13 bits per heavy atom. The van der Waals surface area contributed by atoms with Crippen molar-refractivity contribution in [3.8, 4) is 0 Å². The van der Waals surface area contributed by atoms with E-state index in [1.54, 1.807) is 0 Å². The molecule has 1 fully saturated rings. The number of aliphatic hydroxyl groups is 1. The average Bonchev–Trinajstić information content (AvgIpc) is 2.48. The molecule has 0 unspecified atom stereocenters. The van der Waals surface area contributed by atoms with E-state index < -0.39 is 38.3 Å². The van der Waals surface area contributed by atoms with Gasteiger partial charge < -0.3 is 9.67 Å². The molecule has 1 heterocycles. The van der Waals surface area contributed by atoms with Gasteiger partial charge in [-0.3, -0.25) is 9.36 Å². The van der Waals surface area contributed by atoms with Crippen LogP contribution in [0.25, 0.3) is 0 Å². The summed E-state index contributed by atoms with van der Waals surface area (Å²) in [6.07, 6.45) is 4.97. The van der Waals surface area contributed by atoms with Crippen molar-refractivity contribution in [3.05, 3.63) is 27.0 Å². The minimum atomic E-state index is -4.12. The van der Waals surface area contributed by atoms with E-state index in [2.05, 4.69) is 4.72 Å². The normalized spacial score (nSPS) is 23.3. The van der Waals surface area contributed by atoms with Gasteiger partial charge in [-0.2, -0.15) is 0 Å². The summed E-state index contributed by atoms with van der Waals surface area (Å²) in [5, 5.41) is 10.1. The first kappa shape index (κ1) is 17.9. The van der Waals surface area contributed by atoms with Crippen LogP contribution in [-0.2, 0) is 24.1 Å². The fourth-order valence-electron chi connectivity index (χ4n) is 2.82. The molecule has 0 radical (unpaired) electrons. The Morgan fingerprint density at radius 2 is 1.74 bits per heavy atom. The van der Waals surface area contributed by atoms with Gasteiger partial charge in [0.2, 0.25) is 10.0 Å². The van der Waals surface area contributed by atoms with Gasteiger partial charge in [-0.15, -0.1) is 0 Å². The lowest BCUT2D eigenvalue weighted by atomic mass is 9.95. The second-order valence-electron chi connectivity index (χ2n) is 6.04. The van der Waals surface area contributed by atoms with Crippen LogP contribution in [0.2, 0.25) is 0 Å². The number of hydrogen-bond acceptors (Lipinski definition) is 5. The Bertz CT molecular complexity index is 781. The van der Waals surface area contributed by atoms with Crippen molar-refractivity contribution in [2.75, 3.05) is 0 Å². The van der Waals surface area contributed by atoms with Gasteiger partial charge >= 0.3 is 5.69 Å². The summed E-state index contributed by atoms with van der Waals surface area (Å²) in [4.78, 5) is 23.3. The number of aliphatic hydroxyl groups excluding tert-OH is 1. The third-order valence-electron chi connectivity index (χ3n) is 4.24. The summed E-state index contributed by atoms with van der Waals surface area (Å²) < 4.78 is 29.3. The molecule has 1 aliphatic rings. The number of nitrogens with zero attached hydrogens (tertiary/aromatic N) is 2. The Kier molecular flexibility index (Phi) is 5.43. The number of aromatic nitrogens is 2. The first-order valence-electron chi connectivity index (χ1n) is 7.71. The maximum absolute atomic E-state index is 12.5. The molecule has 2 atom stereocenters. The number of sulfonamides is 1. The fraction of sp³-hybridized carbons (Fsp3) is 0.714. The Hall–Kier alpha value is -1.45. The van der Waals surface area contributed by atoms with Crippen molar-refractivity contribution in [3.63, 3.8) is 0 Å². The molecule has 0 spiro atoms. The van der Waals surface area contributed by atoms with Crippen LogP contribution in [0, 0.1) is 0 Å². The largest absolute Gasteiger partial charge is 0.391 e. The van der Waals surface area contributed by atoms with Crippen molar-refractivity contribution in [1.82, 2.24) is 13.9 Å². The van der Waals surface area contributed by atoms with Gasteiger partial charge in [-0.1, -0.05) is 25.7 Å². The molecule has 0 bridgehead atoms. The highest BCUT2D eigenvalue weighted by atomic mass is 32.2. The van der Waals surface area contributed by atoms with Crippen molar-refractivity contribution >= 4 is 10.0 Å². The molecule has 1 aromatic rings. The lowest BCUT2D eigenvalue weighted by Crippen LogP contribution is -2.47. The minimum Gasteiger partial charge on any atom is -0.391 e. The lowest BCUT2D eigenvalue weighted by molar-refractivity contribution is 0.114. The number of aryl methyl sites for hydroxylation is 1. The van der Waals surface area contributed by atoms with E-state index in [4.69, 9.17) is 0 Å². The van der Waals surface area contributed by atoms with E-state index in [1.165, 1.54) is 14.1 Å². The smallest absolute Gasteiger partial charge is 0.330 e. The third-order valence-corrected chi connectivity index (χ3v) is 5.71. The van der Waals surface area contributed by atoms with Gasteiger partial charge in [0.1, 0.15) is 0 Å². The van der Waals surface area contributed by atoms with Crippen LogP contribution in [0.4, 0.5) is 0 Å². The summed E-state index contributed by atoms with van der Waals surface area (Å²) in [6, 6.07) is -0.623. The Labute approximate surface area is 134 Å². The van der Waals surface area contributed by atoms with Crippen LogP contribution in [-0.4, -0.2) is 34.8 Å². The van der Waals surface area contributed by atoms with E-state index in [-0.39, 0.29) is 0 Å². The highest BCUT2D eigenvalue weighted by Crippen LogP contribution is 2.19. The molecule has 0 saturated heterocycles. The zero-order chi connectivity index (χ0) is 17.2. The maximum Gasteiger partial charge on any atom is 0.330 e. The average molecular weight is 345 g/mol. The molecule has 2 rings (SSSR count). The first-order chi connectivity index (χ1) is 10.7. The number of nitrogens with one attached hydrogen (secondary N) is 1. The lowest BCUT2D eigenvalue weighted by Gasteiger charge is -2.26. The first-order valence-corrected chi connectivity index (χ1v) is 9.19. The van der Waals surface area contributed by atoms with Gasteiger partial charge in [0.15, 0.2) is 4.90 Å². The third kappa shape index (κ3) is 3.91. The Morgan fingerprint density at radius 3 is 2.39 bits per heavy atom. The Balaban J connectivity index is 2.35. The quantitative estimate of drug-likeness (QED) is 0.763. The topological polar surface area (TPSA) is 110 Å². The summed E-state index contributed by atoms with van der Waals surface area (Å²) >= 11 is 0. The van der Waals surface area contributed by atoms with Gasteiger partial charge in [0, 0.05) is 26.3 Å². The monoisotopic (exact) mass is 345 g/mol. The van der Waals surface area contributed by atoms with Crippen molar-refractivity contribution in [1.29, 1.82) is 0 Å². The van der Waals surface area contributed by atoms with Crippen molar-refractivity contribution in [2.45, 2.75) is 55.6 Å². The summed E-state index contributed by atoms with van der Waals surface area (Å²) in [6.45, 7) is 0. The van der Waals surface area contributed by atoms with E-state index in [0.717, 1.165) is 41.0 Å². The van der Waals surface area contributed by atoms with Crippen LogP contribution in [0.15, 0.2) is 20.7 Å². The highest BCUT2D eigenvalue weighted by Gasteiger charge is 2.29. The molecular formula is C14H23N3O5S. The van der Waals surface area contributed by atoms with E-state index >= 15 is 0 Å². The SMILES string of the molecule is Cn1cc(S(=O)(=O)N[C@H]2CCCCCC[C@@H]2O)c(=O)n(C)c1=O. The van der Waals surface area contributed by atoms with Gasteiger partial charge in [0.25, 0.3) is 5.56 Å². The second kappa shape index (κ2) is 6.98. The van der Waals surface area contributed by atoms with E-state index in [9.17, 15) is 23.1 Å². The predicted octanol–water partition coefficient (Wildman–Crippen LogP) is -0.554. The van der Waals surface area contributed by atoms with Gasteiger partial charge in [-0.25, -0.2) is 17.9 Å². The molecular weight excluding hydrogens is 322 g/mol. The molecule has 23 heavy (non-hydrogen) atoms. The zero-order valence-electron chi connectivity index (χ0n) is 13.4. The highest BCUT2D eigenvalue weighted by molar-refractivity contribution is 7.89. The molecule has 0 amide bonds. The van der Waals surface area contributed by atoms with E-state index in [1.807, 2.05) is 0 Å². The fourth-order valence-corrected chi connectivity index (χ4v) is 4.29. The van der Waals surface area contributed by atoms with E-state index in [0.29, 0.717) is 12.8 Å². The molecule has 0 aromatic carbocycles. The maximum atomic E-state index is 12.5. The molecule has 1 saturated carbocycles. The van der Waals surface area contributed by atoms with Gasteiger partial charge in [-0.05, 0) is 12.8 Å². The molecule has 2 N–H and O–H groups in total. The molecule has 9 heteroatoms. The molecule has 0 aliphatic heterocycles. The van der Waals surface area contributed by atoms with Crippen molar-refractivity contribution in [2.24, 2.45) is 14.1 Å². The van der Waals surface area contributed by atoms with Crippen LogP contribution < -0.4 is 16.0 Å². The van der Waals surface area contributed by atoms with Crippen LogP contribution >= 0.6 is 0 Å². The standard InChI is InChI=1S/C14H23N3O5S/c1-16-9-12(13(19)17(2)14(16)20)23(21,22)15-10-7-5-3-4-6-8-11(10)18/h9-11,15,18H,3-8H2,1-2H3/t10-,11-/m0/s1.